The second kappa shape index (κ2) is 5.67. The summed E-state index contributed by atoms with van der Waals surface area (Å²) in [5.74, 6) is 2.61. The average Bonchev–Trinajstić information content (AvgIpc) is 2.44. The summed E-state index contributed by atoms with van der Waals surface area (Å²) in [6.45, 7) is 2.19. The Bertz CT molecular complexity index is 587. The minimum Gasteiger partial charge on any atom is -0.349 e. The fraction of sp³-hybridized carbons (Fsp3) is 0.632. The van der Waals surface area contributed by atoms with Crippen molar-refractivity contribution in [1.82, 2.24) is 5.32 Å². The third-order valence-corrected chi connectivity index (χ3v) is 6.91. The van der Waals surface area contributed by atoms with Crippen molar-refractivity contribution in [3.8, 4) is 0 Å². The molecule has 1 N–H and O–H groups in total. The van der Waals surface area contributed by atoms with Crippen molar-refractivity contribution in [2.45, 2.75) is 51.5 Å². The van der Waals surface area contributed by atoms with E-state index in [2.05, 4.69) is 12.2 Å². The molecule has 4 heteroatoms. The molecule has 23 heavy (non-hydrogen) atoms. The van der Waals surface area contributed by atoms with Gasteiger partial charge in [0.1, 0.15) is 0 Å². The summed E-state index contributed by atoms with van der Waals surface area (Å²) in [6.07, 6.45) is 8.13. The number of hydrogen-bond acceptors (Lipinski definition) is 1. The molecule has 1 atom stereocenters. The van der Waals surface area contributed by atoms with E-state index in [1.54, 1.807) is 18.2 Å². The summed E-state index contributed by atoms with van der Waals surface area (Å²) in [4.78, 5) is 12.6. The standard InChI is InChI=1S/C19H23Cl2NO/c1-11(22-18(23)15-5-16(20)7-17(21)6-15)19-8-12-2-13(9-19)4-14(3-12)10-19/h5-7,11-14H,2-4,8-10H2,1H3,(H,22,23)/t11-,12?,13?,14?,19?/m0/s1. The number of carbonyl (C=O) groups is 1. The topological polar surface area (TPSA) is 29.1 Å². The first kappa shape index (κ1) is 15.8. The molecule has 4 bridgehead atoms. The Kier molecular flexibility index (Phi) is 3.89. The lowest BCUT2D eigenvalue weighted by atomic mass is 9.48. The van der Waals surface area contributed by atoms with Gasteiger partial charge in [-0.3, -0.25) is 4.79 Å². The molecule has 4 saturated carbocycles. The van der Waals surface area contributed by atoms with E-state index < -0.39 is 0 Å². The average molecular weight is 352 g/mol. The Morgan fingerprint density at radius 2 is 1.52 bits per heavy atom. The van der Waals surface area contributed by atoms with E-state index in [9.17, 15) is 4.79 Å². The van der Waals surface area contributed by atoms with Gasteiger partial charge in [-0.15, -0.1) is 0 Å². The van der Waals surface area contributed by atoms with Crippen LogP contribution in [-0.2, 0) is 0 Å². The molecule has 0 saturated heterocycles. The maximum Gasteiger partial charge on any atom is 0.251 e. The van der Waals surface area contributed by atoms with Crippen LogP contribution in [0.25, 0.3) is 0 Å². The Balaban J connectivity index is 1.51. The monoisotopic (exact) mass is 351 g/mol. The van der Waals surface area contributed by atoms with Crippen LogP contribution in [0.4, 0.5) is 0 Å². The smallest absolute Gasteiger partial charge is 0.251 e. The van der Waals surface area contributed by atoms with Crippen molar-refractivity contribution in [3.63, 3.8) is 0 Å². The van der Waals surface area contributed by atoms with Gasteiger partial charge in [-0.25, -0.2) is 0 Å². The lowest BCUT2D eigenvalue weighted by molar-refractivity contribution is -0.0688. The van der Waals surface area contributed by atoms with Gasteiger partial charge in [0, 0.05) is 21.7 Å². The van der Waals surface area contributed by atoms with Crippen LogP contribution < -0.4 is 5.32 Å². The summed E-state index contributed by atoms with van der Waals surface area (Å²) in [6, 6.07) is 5.24. The highest BCUT2D eigenvalue weighted by Crippen LogP contribution is 2.61. The van der Waals surface area contributed by atoms with E-state index in [0.717, 1.165) is 17.8 Å². The number of halogens is 2. The highest BCUT2D eigenvalue weighted by atomic mass is 35.5. The molecule has 1 aromatic carbocycles. The van der Waals surface area contributed by atoms with Crippen LogP contribution in [0, 0.1) is 23.2 Å². The van der Waals surface area contributed by atoms with Crippen LogP contribution in [-0.4, -0.2) is 11.9 Å². The fourth-order valence-electron chi connectivity index (χ4n) is 5.83. The maximum atomic E-state index is 12.6. The molecule has 1 amide bonds. The lowest BCUT2D eigenvalue weighted by Crippen LogP contribution is -2.55. The van der Waals surface area contributed by atoms with Crippen molar-refractivity contribution >= 4 is 29.1 Å². The number of nitrogens with one attached hydrogen (secondary N) is 1. The normalized spacial score (nSPS) is 36.0. The highest BCUT2D eigenvalue weighted by molar-refractivity contribution is 6.35. The van der Waals surface area contributed by atoms with Crippen LogP contribution in [0.1, 0.15) is 55.8 Å². The predicted octanol–water partition coefficient (Wildman–Crippen LogP) is 5.33. The first-order valence-electron chi connectivity index (χ1n) is 8.70. The molecule has 4 aliphatic rings. The summed E-state index contributed by atoms with van der Waals surface area (Å²) < 4.78 is 0. The molecule has 2 nitrogen and oxygen atoms in total. The zero-order valence-electron chi connectivity index (χ0n) is 13.4. The Hall–Kier alpha value is -0.730. The molecule has 4 aliphatic carbocycles. The van der Waals surface area contributed by atoms with Crippen molar-refractivity contribution < 1.29 is 4.79 Å². The van der Waals surface area contributed by atoms with Gasteiger partial charge >= 0.3 is 0 Å². The van der Waals surface area contributed by atoms with E-state index in [4.69, 9.17) is 23.2 Å². The minimum atomic E-state index is -0.0577. The van der Waals surface area contributed by atoms with Crippen molar-refractivity contribution in [1.29, 1.82) is 0 Å². The van der Waals surface area contributed by atoms with E-state index in [-0.39, 0.29) is 11.9 Å². The quantitative estimate of drug-likeness (QED) is 0.783. The van der Waals surface area contributed by atoms with E-state index in [1.165, 1.54) is 38.5 Å². The van der Waals surface area contributed by atoms with Crippen LogP contribution >= 0.6 is 23.2 Å². The molecule has 0 heterocycles. The van der Waals surface area contributed by atoms with Gasteiger partial charge in [0.05, 0.1) is 0 Å². The van der Waals surface area contributed by atoms with Crippen molar-refractivity contribution in [2.24, 2.45) is 23.2 Å². The van der Waals surface area contributed by atoms with E-state index in [0.29, 0.717) is 21.0 Å². The number of rotatable bonds is 3. The van der Waals surface area contributed by atoms with Crippen molar-refractivity contribution in [3.05, 3.63) is 33.8 Å². The second-order valence-corrected chi connectivity index (χ2v) is 9.01. The third-order valence-electron chi connectivity index (χ3n) is 6.48. The maximum absolute atomic E-state index is 12.6. The summed E-state index contributed by atoms with van der Waals surface area (Å²) in [5.41, 5.74) is 0.867. The van der Waals surface area contributed by atoms with Gasteiger partial charge < -0.3 is 5.32 Å². The number of amides is 1. The SMILES string of the molecule is C[C@H](NC(=O)c1cc(Cl)cc(Cl)c1)C12CC3CC(CC(C3)C1)C2. The first-order valence-corrected chi connectivity index (χ1v) is 9.46. The second-order valence-electron chi connectivity index (χ2n) is 8.13. The molecular formula is C19H23Cl2NO. The summed E-state index contributed by atoms with van der Waals surface area (Å²) >= 11 is 12.0. The van der Waals surface area contributed by atoms with Crippen LogP contribution in [0.5, 0.6) is 0 Å². The molecular weight excluding hydrogens is 329 g/mol. The summed E-state index contributed by atoms with van der Waals surface area (Å²) in [5, 5.41) is 4.26. The summed E-state index contributed by atoms with van der Waals surface area (Å²) in [7, 11) is 0. The molecule has 0 radical (unpaired) electrons. The number of hydrogen-bond donors (Lipinski definition) is 1. The predicted molar refractivity (Wildman–Crippen MR) is 94.0 cm³/mol. The van der Waals surface area contributed by atoms with E-state index >= 15 is 0 Å². The van der Waals surface area contributed by atoms with Crippen LogP contribution in [0.15, 0.2) is 18.2 Å². The van der Waals surface area contributed by atoms with Crippen LogP contribution in [0.2, 0.25) is 10.0 Å². The van der Waals surface area contributed by atoms with Gasteiger partial charge in [-0.2, -0.15) is 0 Å². The van der Waals surface area contributed by atoms with Gasteiger partial charge in [-0.05, 0) is 86.8 Å². The first-order chi connectivity index (χ1) is 10.9. The molecule has 1 aromatic rings. The largest absolute Gasteiger partial charge is 0.349 e. The Morgan fingerprint density at radius 1 is 1.04 bits per heavy atom. The highest BCUT2D eigenvalue weighted by Gasteiger charge is 2.53. The molecule has 0 aliphatic heterocycles. The van der Waals surface area contributed by atoms with Gasteiger partial charge in [0.2, 0.25) is 0 Å². The van der Waals surface area contributed by atoms with Gasteiger partial charge in [0.15, 0.2) is 0 Å². The Labute approximate surface area is 147 Å². The zero-order chi connectivity index (χ0) is 16.2. The molecule has 124 valence electrons. The third kappa shape index (κ3) is 2.89. The van der Waals surface area contributed by atoms with Gasteiger partial charge in [0.25, 0.3) is 5.91 Å². The van der Waals surface area contributed by atoms with E-state index in [1.807, 2.05) is 0 Å². The molecule has 4 fully saturated rings. The Morgan fingerprint density at radius 3 is 2.00 bits per heavy atom. The molecule has 0 aromatic heterocycles. The lowest BCUT2D eigenvalue weighted by Gasteiger charge is -2.59. The van der Waals surface area contributed by atoms with Crippen molar-refractivity contribution in [2.75, 3.05) is 0 Å². The van der Waals surface area contributed by atoms with Crippen LogP contribution in [0.3, 0.4) is 0 Å². The molecule has 5 rings (SSSR count). The molecule has 0 unspecified atom stereocenters. The molecule has 0 spiro atoms. The minimum absolute atomic E-state index is 0.0577. The number of benzene rings is 1. The zero-order valence-corrected chi connectivity index (χ0v) is 15.0. The van der Waals surface area contributed by atoms with Gasteiger partial charge in [-0.1, -0.05) is 23.2 Å². The number of carbonyl (C=O) groups excluding carboxylic acids is 1. The fourth-order valence-corrected chi connectivity index (χ4v) is 6.35.